The van der Waals surface area contributed by atoms with Crippen molar-refractivity contribution in [3.05, 3.63) is 36.2 Å². The van der Waals surface area contributed by atoms with E-state index in [1.165, 1.54) is 5.56 Å². The number of hydrogen-bond acceptors (Lipinski definition) is 8. The zero-order valence-corrected chi connectivity index (χ0v) is 15.8. The number of pyridine rings is 1. The Hall–Kier alpha value is -2.45. The van der Waals surface area contributed by atoms with Crippen molar-refractivity contribution in [3.63, 3.8) is 0 Å². The van der Waals surface area contributed by atoms with Crippen molar-refractivity contribution >= 4 is 11.8 Å². The lowest BCUT2D eigenvalue weighted by Gasteiger charge is -2.35. The van der Waals surface area contributed by atoms with E-state index in [1.807, 2.05) is 24.5 Å². The van der Waals surface area contributed by atoms with E-state index in [0.29, 0.717) is 5.88 Å². The summed E-state index contributed by atoms with van der Waals surface area (Å²) in [4.78, 5) is 20.5. The average molecular weight is 370 g/mol. The van der Waals surface area contributed by atoms with Gasteiger partial charge in [0.05, 0.1) is 20.3 Å². The van der Waals surface area contributed by atoms with Crippen LogP contribution in [0.25, 0.3) is 0 Å². The van der Waals surface area contributed by atoms with Crippen LogP contribution in [-0.4, -0.2) is 79.4 Å². The summed E-state index contributed by atoms with van der Waals surface area (Å²) in [5.74, 6) is 2.48. The van der Waals surface area contributed by atoms with Gasteiger partial charge in [-0.2, -0.15) is 4.98 Å². The van der Waals surface area contributed by atoms with Crippen molar-refractivity contribution < 1.29 is 9.47 Å². The molecular weight excluding hydrogens is 344 g/mol. The minimum absolute atomic E-state index is 0.656. The summed E-state index contributed by atoms with van der Waals surface area (Å²) in [7, 11) is 1.64. The van der Waals surface area contributed by atoms with Gasteiger partial charge < -0.3 is 19.3 Å². The molecule has 4 rings (SSSR count). The maximum atomic E-state index is 5.42. The van der Waals surface area contributed by atoms with Crippen molar-refractivity contribution in [2.45, 2.75) is 6.54 Å². The fourth-order valence-electron chi connectivity index (χ4n) is 3.45. The topological polar surface area (TPSA) is 66.9 Å². The van der Waals surface area contributed by atoms with Crippen LogP contribution in [0.15, 0.2) is 30.6 Å². The van der Waals surface area contributed by atoms with Crippen LogP contribution in [0.5, 0.6) is 5.88 Å². The highest BCUT2D eigenvalue weighted by molar-refractivity contribution is 5.44. The maximum Gasteiger partial charge on any atom is 0.227 e. The molecule has 8 heteroatoms. The van der Waals surface area contributed by atoms with Gasteiger partial charge in [-0.25, -0.2) is 9.97 Å². The molecule has 0 saturated carbocycles. The third-order valence-electron chi connectivity index (χ3n) is 5.03. The number of anilines is 2. The Balaban J connectivity index is 1.33. The van der Waals surface area contributed by atoms with Crippen molar-refractivity contribution in [1.82, 2.24) is 19.9 Å². The van der Waals surface area contributed by atoms with E-state index in [1.54, 1.807) is 7.11 Å². The first-order chi connectivity index (χ1) is 13.3. The Morgan fingerprint density at radius 2 is 1.78 bits per heavy atom. The molecule has 4 heterocycles. The summed E-state index contributed by atoms with van der Waals surface area (Å²) in [5.41, 5.74) is 1.21. The number of nitrogens with zero attached hydrogens (tertiary/aromatic N) is 6. The molecule has 2 aliphatic rings. The van der Waals surface area contributed by atoms with Gasteiger partial charge >= 0.3 is 0 Å². The van der Waals surface area contributed by atoms with Gasteiger partial charge in [-0.1, -0.05) is 6.07 Å². The fraction of sp³-hybridized carbons (Fsp3) is 0.526. The van der Waals surface area contributed by atoms with Crippen molar-refractivity contribution in [2.75, 3.05) is 69.4 Å². The first-order valence-electron chi connectivity index (χ1n) is 9.44. The van der Waals surface area contributed by atoms with Crippen LogP contribution in [-0.2, 0) is 11.3 Å². The molecule has 0 atom stereocenters. The molecule has 2 aliphatic heterocycles. The zero-order chi connectivity index (χ0) is 18.5. The Kier molecular flexibility index (Phi) is 5.64. The number of aromatic nitrogens is 3. The molecule has 0 bridgehead atoms. The van der Waals surface area contributed by atoms with E-state index in [9.17, 15) is 0 Å². The minimum Gasteiger partial charge on any atom is -0.481 e. The standard InChI is InChI=1S/C19H26N6O2/c1-26-18-3-2-16(14-21-18)15-23-6-8-24(9-7-23)17-4-5-20-19(22-17)25-10-12-27-13-11-25/h2-5,14H,6-13,15H2,1H3. The Labute approximate surface area is 159 Å². The van der Waals surface area contributed by atoms with E-state index < -0.39 is 0 Å². The van der Waals surface area contributed by atoms with E-state index in [4.69, 9.17) is 14.5 Å². The van der Waals surface area contributed by atoms with Gasteiger partial charge in [0.25, 0.3) is 0 Å². The molecule has 0 N–H and O–H groups in total. The van der Waals surface area contributed by atoms with Crippen LogP contribution in [0, 0.1) is 0 Å². The van der Waals surface area contributed by atoms with Crippen molar-refractivity contribution in [3.8, 4) is 5.88 Å². The van der Waals surface area contributed by atoms with Gasteiger partial charge in [0.1, 0.15) is 5.82 Å². The quantitative estimate of drug-likeness (QED) is 0.773. The lowest BCUT2D eigenvalue weighted by atomic mass is 10.2. The Morgan fingerprint density at radius 1 is 0.963 bits per heavy atom. The SMILES string of the molecule is COc1ccc(CN2CCN(c3ccnc(N4CCOCC4)n3)CC2)cn1. The number of hydrogen-bond donors (Lipinski definition) is 0. The van der Waals surface area contributed by atoms with E-state index in [2.05, 4.69) is 30.7 Å². The van der Waals surface area contributed by atoms with E-state index in [0.717, 1.165) is 70.8 Å². The number of ether oxygens (including phenoxy) is 2. The summed E-state index contributed by atoms with van der Waals surface area (Å²) < 4.78 is 10.5. The number of morpholine rings is 1. The summed E-state index contributed by atoms with van der Waals surface area (Å²) in [6, 6.07) is 6.00. The largest absolute Gasteiger partial charge is 0.481 e. The monoisotopic (exact) mass is 370 g/mol. The summed E-state index contributed by atoms with van der Waals surface area (Å²) >= 11 is 0. The molecule has 0 amide bonds. The molecule has 0 spiro atoms. The van der Waals surface area contributed by atoms with Crippen LogP contribution in [0.2, 0.25) is 0 Å². The van der Waals surface area contributed by atoms with Crippen LogP contribution in [0.3, 0.4) is 0 Å². The maximum absolute atomic E-state index is 5.42. The van der Waals surface area contributed by atoms with Gasteiger partial charge in [0, 0.05) is 64.3 Å². The normalized spacial score (nSPS) is 18.6. The predicted molar refractivity (Wildman–Crippen MR) is 103 cm³/mol. The number of piperazine rings is 1. The number of methoxy groups -OCH3 is 1. The molecule has 0 unspecified atom stereocenters. The molecule has 27 heavy (non-hydrogen) atoms. The molecule has 2 aromatic rings. The smallest absolute Gasteiger partial charge is 0.227 e. The van der Waals surface area contributed by atoms with Gasteiger partial charge in [0.2, 0.25) is 11.8 Å². The lowest BCUT2D eigenvalue weighted by molar-refractivity contribution is 0.122. The summed E-state index contributed by atoms with van der Waals surface area (Å²) in [5, 5.41) is 0. The molecule has 8 nitrogen and oxygen atoms in total. The highest BCUT2D eigenvalue weighted by Gasteiger charge is 2.20. The highest BCUT2D eigenvalue weighted by Crippen LogP contribution is 2.18. The summed E-state index contributed by atoms with van der Waals surface area (Å²) in [6.07, 6.45) is 3.76. The second-order valence-electron chi connectivity index (χ2n) is 6.79. The van der Waals surface area contributed by atoms with Crippen LogP contribution in [0.1, 0.15) is 5.56 Å². The average Bonchev–Trinajstić information content (AvgIpc) is 2.75. The highest BCUT2D eigenvalue weighted by atomic mass is 16.5. The molecule has 144 valence electrons. The second-order valence-corrected chi connectivity index (χ2v) is 6.79. The first kappa shape index (κ1) is 17.9. The molecule has 0 radical (unpaired) electrons. The Morgan fingerprint density at radius 3 is 2.48 bits per heavy atom. The van der Waals surface area contributed by atoms with Gasteiger partial charge in [0.15, 0.2) is 0 Å². The second kappa shape index (κ2) is 8.49. The van der Waals surface area contributed by atoms with Crippen LogP contribution >= 0.6 is 0 Å². The predicted octanol–water partition coefficient (Wildman–Crippen LogP) is 1.04. The minimum atomic E-state index is 0.656. The third kappa shape index (κ3) is 4.45. The van der Waals surface area contributed by atoms with Crippen LogP contribution in [0.4, 0.5) is 11.8 Å². The molecule has 2 fully saturated rings. The Bertz CT molecular complexity index is 727. The van der Waals surface area contributed by atoms with Gasteiger partial charge in [-0.05, 0) is 11.6 Å². The van der Waals surface area contributed by atoms with Crippen LogP contribution < -0.4 is 14.5 Å². The first-order valence-corrected chi connectivity index (χ1v) is 9.44. The molecule has 0 aromatic carbocycles. The molecule has 2 saturated heterocycles. The lowest BCUT2D eigenvalue weighted by Crippen LogP contribution is -2.46. The van der Waals surface area contributed by atoms with Gasteiger partial charge in [-0.15, -0.1) is 0 Å². The third-order valence-corrected chi connectivity index (χ3v) is 5.03. The summed E-state index contributed by atoms with van der Waals surface area (Å²) in [6.45, 7) is 8.03. The molecule has 0 aliphatic carbocycles. The molecular formula is C19H26N6O2. The number of rotatable bonds is 5. The van der Waals surface area contributed by atoms with Crippen molar-refractivity contribution in [1.29, 1.82) is 0 Å². The fourth-order valence-corrected chi connectivity index (χ4v) is 3.45. The van der Waals surface area contributed by atoms with Crippen molar-refractivity contribution in [2.24, 2.45) is 0 Å². The zero-order valence-electron chi connectivity index (χ0n) is 15.8. The van der Waals surface area contributed by atoms with Gasteiger partial charge in [-0.3, -0.25) is 4.90 Å². The molecule has 2 aromatic heterocycles. The van der Waals surface area contributed by atoms with E-state index in [-0.39, 0.29) is 0 Å². The van der Waals surface area contributed by atoms with E-state index >= 15 is 0 Å².